The fraction of sp³-hybridized carbons (Fsp3) is 0.556. The van der Waals surface area contributed by atoms with E-state index in [-0.39, 0.29) is 8.77 Å². The molecule has 2 atom stereocenters. The van der Waals surface area contributed by atoms with Crippen molar-refractivity contribution in [2.24, 2.45) is 11.8 Å². The Balaban J connectivity index is 2.16. The summed E-state index contributed by atoms with van der Waals surface area (Å²) in [5.41, 5.74) is 2.94. The molecular formula is C18H26Ni. The van der Waals surface area contributed by atoms with Crippen molar-refractivity contribution in [2.75, 3.05) is 0 Å². The van der Waals surface area contributed by atoms with Crippen LogP contribution in [0.25, 0.3) is 0 Å². The van der Waals surface area contributed by atoms with Gasteiger partial charge in [-0.2, -0.15) is 0 Å². The van der Waals surface area contributed by atoms with Crippen molar-refractivity contribution in [3.63, 3.8) is 0 Å². The Morgan fingerprint density at radius 3 is 1.42 bits per heavy atom. The van der Waals surface area contributed by atoms with Gasteiger partial charge < -0.3 is 0 Å². The van der Waals surface area contributed by atoms with Crippen LogP contribution >= 0.6 is 0 Å². The Hall–Kier alpha value is -0.546. The standard InChI is InChI=1S/2C9H13.Ni/c2*1-7(2)9-5-4-8(3)6-9;/h2*4-7H,1-3H3;. The summed E-state index contributed by atoms with van der Waals surface area (Å²) in [5.74, 6) is 1.24. The molecule has 0 aromatic carbocycles. The normalized spacial score (nSPS) is 33.7. The van der Waals surface area contributed by atoms with E-state index in [1.165, 1.54) is 11.1 Å². The molecule has 0 heterocycles. The van der Waals surface area contributed by atoms with Crippen molar-refractivity contribution in [1.29, 1.82) is 0 Å². The van der Waals surface area contributed by atoms with E-state index in [0.29, 0.717) is 11.8 Å². The molecule has 108 valence electrons. The first-order chi connectivity index (χ1) is 8.73. The average molecular weight is 301 g/mol. The molecule has 0 aromatic rings. The van der Waals surface area contributed by atoms with Crippen LogP contribution in [0.4, 0.5) is 0 Å². The Bertz CT molecular complexity index is 432. The average Bonchev–Trinajstić information content (AvgIpc) is 2.83. The molecular weight excluding hydrogens is 275 g/mol. The molecule has 2 rings (SSSR count). The third-order valence-corrected chi connectivity index (χ3v) is 5.42. The molecule has 0 bridgehead atoms. The van der Waals surface area contributed by atoms with Crippen molar-refractivity contribution in [3.05, 3.63) is 47.6 Å². The Morgan fingerprint density at radius 2 is 1.16 bits per heavy atom. The van der Waals surface area contributed by atoms with Gasteiger partial charge in [-0.3, -0.25) is 0 Å². The monoisotopic (exact) mass is 300 g/mol. The fourth-order valence-electron chi connectivity index (χ4n) is 2.52. The molecule has 2 unspecified atom stereocenters. The summed E-state index contributed by atoms with van der Waals surface area (Å²) in [6.07, 6.45) is 14.2. The van der Waals surface area contributed by atoms with E-state index in [1.807, 2.05) is 14.4 Å². The minimum atomic E-state index is 0.147. The molecule has 1 heteroatoms. The van der Waals surface area contributed by atoms with Gasteiger partial charge in [0.2, 0.25) is 0 Å². The molecule has 2 aliphatic carbocycles. The molecule has 0 N–H and O–H groups in total. The molecule has 0 aromatic heterocycles. The van der Waals surface area contributed by atoms with E-state index >= 15 is 0 Å². The summed E-state index contributed by atoms with van der Waals surface area (Å²) in [4.78, 5) is 0. The first-order valence-corrected chi connectivity index (χ1v) is 8.17. The molecule has 0 radical (unpaired) electrons. The summed E-state index contributed by atoms with van der Waals surface area (Å²) in [6.45, 7) is 13.7. The van der Waals surface area contributed by atoms with Gasteiger partial charge in [0.25, 0.3) is 0 Å². The molecule has 0 amide bonds. The second-order valence-corrected chi connectivity index (χ2v) is 8.89. The molecule has 0 saturated carbocycles. The van der Waals surface area contributed by atoms with Gasteiger partial charge in [0.05, 0.1) is 0 Å². The molecule has 0 spiro atoms. The summed E-state index contributed by atoms with van der Waals surface area (Å²) in [5, 5.41) is 0. The molecule has 0 saturated heterocycles. The fourth-order valence-corrected chi connectivity index (χ4v) is 4.46. The zero-order valence-electron chi connectivity index (χ0n) is 12.9. The van der Waals surface area contributed by atoms with Crippen LogP contribution in [0.1, 0.15) is 41.5 Å². The molecule has 0 fully saturated rings. The van der Waals surface area contributed by atoms with Crippen molar-refractivity contribution < 1.29 is 14.4 Å². The van der Waals surface area contributed by atoms with Crippen LogP contribution in [0, 0.1) is 11.8 Å². The third-order valence-electron chi connectivity index (χ3n) is 3.74. The number of rotatable bonds is 4. The first-order valence-electron chi connectivity index (χ1n) is 7.18. The van der Waals surface area contributed by atoms with Crippen molar-refractivity contribution >= 4 is 0 Å². The van der Waals surface area contributed by atoms with Crippen LogP contribution in [-0.4, -0.2) is 0 Å². The van der Waals surface area contributed by atoms with Crippen LogP contribution in [0.5, 0.6) is 0 Å². The van der Waals surface area contributed by atoms with E-state index < -0.39 is 0 Å². The molecule has 2 aliphatic rings. The Labute approximate surface area is 124 Å². The van der Waals surface area contributed by atoms with Crippen molar-refractivity contribution in [1.82, 2.24) is 0 Å². The molecule has 0 nitrogen and oxygen atoms in total. The van der Waals surface area contributed by atoms with E-state index in [4.69, 9.17) is 0 Å². The minimum absolute atomic E-state index is 0.147. The SMILES string of the molecule is CC(C)C1=C[C](C)([Ni][C]2(C)C=CC(C(C)C)=C2)C=C1. The topological polar surface area (TPSA) is 0 Å². The van der Waals surface area contributed by atoms with Gasteiger partial charge in [0, 0.05) is 0 Å². The predicted octanol–water partition coefficient (Wildman–Crippen LogP) is 5.73. The van der Waals surface area contributed by atoms with Crippen LogP contribution in [0.3, 0.4) is 0 Å². The summed E-state index contributed by atoms with van der Waals surface area (Å²) >= 11 is 1.82. The van der Waals surface area contributed by atoms with Gasteiger partial charge in [0.1, 0.15) is 0 Å². The Morgan fingerprint density at radius 1 is 0.789 bits per heavy atom. The van der Waals surface area contributed by atoms with Crippen LogP contribution in [0.2, 0.25) is 8.77 Å². The van der Waals surface area contributed by atoms with Gasteiger partial charge in [-0.05, 0) is 0 Å². The van der Waals surface area contributed by atoms with Gasteiger partial charge in [0.15, 0.2) is 0 Å². The van der Waals surface area contributed by atoms with E-state index in [9.17, 15) is 0 Å². The van der Waals surface area contributed by atoms with Gasteiger partial charge in [-0.1, -0.05) is 0 Å². The summed E-state index contributed by atoms with van der Waals surface area (Å²) in [6, 6.07) is 0. The van der Waals surface area contributed by atoms with Gasteiger partial charge >= 0.3 is 124 Å². The first kappa shape index (κ1) is 14.9. The second kappa shape index (κ2) is 5.09. The van der Waals surface area contributed by atoms with Crippen LogP contribution in [0.15, 0.2) is 47.6 Å². The number of allylic oxidation sites excluding steroid dienone is 8. The van der Waals surface area contributed by atoms with Gasteiger partial charge in [-0.15, -0.1) is 0 Å². The second-order valence-electron chi connectivity index (χ2n) is 6.51. The van der Waals surface area contributed by atoms with Crippen molar-refractivity contribution in [2.45, 2.75) is 50.3 Å². The maximum atomic E-state index is 2.44. The zero-order chi connectivity index (χ0) is 14.3. The molecule has 19 heavy (non-hydrogen) atoms. The Kier molecular flexibility index (Phi) is 3.98. The quantitative estimate of drug-likeness (QED) is 0.582. The number of hydrogen-bond acceptors (Lipinski definition) is 0. The maximum absolute atomic E-state index is 2.44. The van der Waals surface area contributed by atoms with Gasteiger partial charge in [-0.25, -0.2) is 0 Å². The van der Waals surface area contributed by atoms with Crippen LogP contribution < -0.4 is 0 Å². The number of hydrogen-bond donors (Lipinski definition) is 0. The zero-order valence-corrected chi connectivity index (χ0v) is 13.9. The summed E-state index contributed by atoms with van der Waals surface area (Å²) in [7, 11) is 0. The van der Waals surface area contributed by atoms with E-state index in [2.05, 4.69) is 78.0 Å². The third kappa shape index (κ3) is 3.32. The predicted molar refractivity (Wildman–Crippen MR) is 80.9 cm³/mol. The van der Waals surface area contributed by atoms with E-state index in [1.54, 1.807) is 0 Å². The molecule has 0 aliphatic heterocycles. The van der Waals surface area contributed by atoms with E-state index in [0.717, 1.165) is 0 Å². The van der Waals surface area contributed by atoms with Crippen molar-refractivity contribution in [3.8, 4) is 0 Å². The van der Waals surface area contributed by atoms with Crippen LogP contribution in [-0.2, 0) is 14.4 Å². The summed E-state index contributed by atoms with van der Waals surface area (Å²) < 4.78 is 0.295.